The van der Waals surface area contributed by atoms with E-state index in [9.17, 15) is 0 Å². The minimum atomic E-state index is 0.693. The number of aryl methyl sites for hydroxylation is 1. The van der Waals surface area contributed by atoms with Gasteiger partial charge < -0.3 is 5.32 Å². The standard InChI is InChI=1S/C8H10N4/c1-6-4-11-8(12-5-6)7-9-2-3-10-7/h4-5H,2-3H2,1H3,(H,9,10). The maximum Gasteiger partial charge on any atom is 0.194 e. The lowest BCUT2D eigenvalue weighted by Gasteiger charge is -1.99. The third kappa shape index (κ3) is 1.28. The van der Waals surface area contributed by atoms with Crippen molar-refractivity contribution in [3.05, 3.63) is 23.8 Å². The first kappa shape index (κ1) is 7.21. The quantitative estimate of drug-likeness (QED) is 0.638. The van der Waals surface area contributed by atoms with Crippen molar-refractivity contribution in [1.82, 2.24) is 15.3 Å². The highest BCUT2D eigenvalue weighted by atomic mass is 15.1. The second kappa shape index (κ2) is 2.89. The van der Waals surface area contributed by atoms with Crippen LogP contribution in [0.15, 0.2) is 17.4 Å². The summed E-state index contributed by atoms with van der Waals surface area (Å²) in [6, 6.07) is 0. The maximum atomic E-state index is 4.22. The summed E-state index contributed by atoms with van der Waals surface area (Å²) in [5.74, 6) is 1.51. The van der Waals surface area contributed by atoms with E-state index in [2.05, 4.69) is 20.3 Å². The van der Waals surface area contributed by atoms with Gasteiger partial charge in [0, 0.05) is 18.9 Å². The van der Waals surface area contributed by atoms with Gasteiger partial charge in [-0.3, -0.25) is 4.99 Å². The largest absolute Gasteiger partial charge is 0.365 e. The van der Waals surface area contributed by atoms with Crippen LogP contribution in [0, 0.1) is 6.92 Å². The first-order chi connectivity index (χ1) is 5.86. The number of nitrogens with one attached hydrogen (secondary N) is 1. The number of rotatable bonds is 1. The Morgan fingerprint density at radius 2 is 2.08 bits per heavy atom. The molecule has 0 unspecified atom stereocenters. The van der Waals surface area contributed by atoms with Crippen LogP contribution in [0.1, 0.15) is 11.4 Å². The van der Waals surface area contributed by atoms with E-state index >= 15 is 0 Å². The van der Waals surface area contributed by atoms with Crippen molar-refractivity contribution in [2.75, 3.05) is 13.1 Å². The molecule has 0 aromatic carbocycles. The van der Waals surface area contributed by atoms with E-state index in [1.54, 1.807) is 12.4 Å². The average Bonchev–Trinajstić information content (AvgIpc) is 2.58. The molecule has 0 spiro atoms. The van der Waals surface area contributed by atoms with E-state index < -0.39 is 0 Å². The van der Waals surface area contributed by atoms with Gasteiger partial charge >= 0.3 is 0 Å². The van der Waals surface area contributed by atoms with E-state index in [1.807, 2.05) is 6.92 Å². The molecule has 1 N–H and O–H groups in total. The molecule has 4 nitrogen and oxygen atoms in total. The van der Waals surface area contributed by atoms with Crippen LogP contribution in [0.2, 0.25) is 0 Å². The zero-order chi connectivity index (χ0) is 8.39. The highest BCUT2D eigenvalue weighted by Gasteiger charge is 2.09. The number of amidine groups is 1. The lowest BCUT2D eigenvalue weighted by molar-refractivity contribution is 0.953. The predicted octanol–water partition coefficient (Wildman–Crippen LogP) is 0.135. The predicted molar refractivity (Wildman–Crippen MR) is 46.2 cm³/mol. The van der Waals surface area contributed by atoms with Crippen LogP contribution in [-0.4, -0.2) is 28.9 Å². The lowest BCUT2D eigenvalue weighted by Crippen LogP contribution is -2.21. The SMILES string of the molecule is Cc1cnc(C2=NCCN2)nc1. The van der Waals surface area contributed by atoms with E-state index in [0.29, 0.717) is 5.82 Å². The molecular weight excluding hydrogens is 152 g/mol. The Kier molecular flexibility index (Phi) is 1.74. The molecule has 1 aliphatic heterocycles. The van der Waals surface area contributed by atoms with E-state index in [0.717, 1.165) is 24.5 Å². The fraction of sp³-hybridized carbons (Fsp3) is 0.375. The van der Waals surface area contributed by atoms with Gasteiger partial charge in [0.15, 0.2) is 11.7 Å². The van der Waals surface area contributed by atoms with E-state index in [-0.39, 0.29) is 0 Å². The summed E-state index contributed by atoms with van der Waals surface area (Å²) in [4.78, 5) is 12.5. The molecule has 1 aromatic heterocycles. The molecular formula is C8H10N4. The molecule has 0 bridgehead atoms. The second-order valence-corrected chi connectivity index (χ2v) is 2.74. The van der Waals surface area contributed by atoms with E-state index in [4.69, 9.17) is 0 Å². The molecule has 1 aliphatic rings. The lowest BCUT2D eigenvalue weighted by atomic mass is 10.4. The Bertz CT molecular complexity index is 301. The zero-order valence-corrected chi connectivity index (χ0v) is 6.91. The number of nitrogens with zero attached hydrogens (tertiary/aromatic N) is 3. The van der Waals surface area contributed by atoms with Gasteiger partial charge in [-0.2, -0.15) is 0 Å². The number of hydrogen-bond donors (Lipinski definition) is 1. The third-order valence-electron chi connectivity index (χ3n) is 1.67. The van der Waals surface area contributed by atoms with Gasteiger partial charge in [0.1, 0.15) is 0 Å². The van der Waals surface area contributed by atoms with Crippen LogP contribution in [-0.2, 0) is 0 Å². The summed E-state index contributed by atoms with van der Waals surface area (Å²) >= 11 is 0. The van der Waals surface area contributed by atoms with E-state index in [1.165, 1.54) is 0 Å². The molecule has 0 saturated heterocycles. The molecule has 2 rings (SSSR count). The summed E-state index contributed by atoms with van der Waals surface area (Å²) in [7, 11) is 0. The van der Waals surface area contributed by atoms with Gasteiger partial charge in [0.2, 0.25) is 0 Å². The Hall–Kier alpha value is -1.45. The highest BCUT2D eigenvalue weighted by molar-refractivity contribution is 5.96. The topological polar surface area (TPSA) is 50.2 Å². The molecule has 0 fully saturated rings. The van der Waals surface area contributed by atoms with Gasteiger partial charge in [-0.05, 0) is 12.5 Å². The highest BCUT2D eigenvalue weighted by Crippen LogP contribution is 1.97. The van der Waals surface area contributed by atoms with Crippen molar-refractivity contribution in [3.63, 3.8) is 0 Å². The van der Waals surface area contributed by atoms with Gasteiger partial charge in [-0.1, -0.05) is 0 Å². The number of aliphatic imine (C=N–C) groups is 1. The molecule has 0 atom stereocenters. The summed E-state index contributed by atoms with van der Waals surface area (Å²) in [5.41, 5.74) is 1.07. The summed E-state index contributed by atoms with van der Waals surface area (Å²) < 4.78 is 0. The fourth-order valence-corrected chi connectivity index (χ4v) is 1.06. The maximum absolute atomic E-state index is 4.22. The van der Waals surface area contributed by atoms with Gasteiger partial charge in [-0.25, -0.2) is 9.97 Å². The van der Waals surface area contributed by atoms with Crippen molar-refractivity contribution in [2.24, 2.45) is 4.99 Å². The van der Waals surface area contributed by atoms with Crippen molar-refractivity contribution >= 4 is 5.84 Å². The molecule has 1 aromatic rings. The fourth-order valence-electron chi connectivity index (χ4n) is 1.06. The Labute approximate surface area is 70.8 Å². The first-order valence-electron chi connectivity index (χ1n) is 3.93. The van der Waals surface area contributed by atoms with Gasteiger partial charge in [0.05, 0.1) is 6.54 Å². The third-order valence-corrected chi connectivity index (χ3v) is 1.67. The van der Waals surface area contributed by atoms with Crippen molar-refractivity contribution in [3.8, 4) is 0 Å². The van der Waals surface area contributed by atoms with Crippen LogP contribution in [0.4, 0.5) is 0 Å². The second-order valence-electron chi connectivity index (χ2n) is 2.74. The van der Waals surface area contributed by atoms with Crippen LogP contribution >= 0.6 is 0 Å². The van der Waals surface area contributed by atoms with Crippen molar-refractivity contribution in [2.45, 2.75) is 6.92 Å². The molecule has 0 aliphatic carbocycles. The molecule has 4 heteroatoms. The molecule has 62 valence electrons. The van der Waals surface area contributed by atoms with Crippen LogP contribution in [0.5, 0.6) is 0 Å². The smallest absolute Gasteiger partial charge is 0.194 e. The van der Waals surface area contributed by atoms with Gasteiger partial charge in [-0.15, -0.1) is 0 Å². The van der Waals surface area contributed by atoms with Crippen LogP contribution < -0.4 is 5.32 Å². The van der Waals surface area contributed by atoms with Gasteiger partial charge in [0.25, 0.3) is 0 Å². The van der Waals surface area contributed by atoms with Crippen molar-refractivity contribution < 1.29 is 0 Å². The molecule has 0 radical (unpaired) electrons. The summed E-state index contributed by atoms with van der Waals surface area (Å²) in [5, 5.41) is 3.12. The number of hydrogen-bond acceptors (Lipinski definition) is 4. The summed E-state index contributed by atoms with van der Waals surface area (Å²) in [6.07, 6.45) is 3.59. The minimum Gasteiger partial charge on any atom is -0.365 e. The van der Waals surface area contributed by atoms with Crippen LogP contribution in [0.3, 0.4) is 0 Å². The zero-order valence-electron chi connectivity index (χ0n) is 6.91. The minimum absolute atomic E-state index is 0.693. The Morgan fingerprint density at radius 1 is 1.33 bits per heavy atom. The van der Waals surface area contributed by atoms with Crippen molar-refractivity contribution in [1.29, 1.82) is 0 Å². The first-order valence-corrected chi connectivity index (χ1v) is 3.93. The summed E-state index contributed by atoms with van der Waals surface area (Å²) in [6.45, 7) is 3.69. The molecule has 2 heterocycles. The molecule has 0 saturated carbocycles. The molecule has 0 amide bonds. The molecule has 12 heavy (non-hydrogen) atoms. The average molecular weight is 162 g/mol. The monoisotopic (exact) mass is 162 g/mol. The number of aromatic nitrogens is 2. The Morgan fingerprint density at radius 3 is 2.67 bits per heavy atom. The van der Waals surface area contributed by atoms with Crippen LogP contribution in [0.25, 0.3) is 0 Å². The Balaban J connectivity index is 2.28. The normalized spacial score (nSPS) is 15.6.